The Kier molecular flexibility index (Phi) is 6.35. The Labute approximate surface area is 125 Å². The molecule has 1 aromatic rings. The van der Waals surface area contributed by atoms with Crippen LogP contribution in [-0.2, 0) is 10.0 Å². The lowest BCUT2D eigenvalue weighted by Crippen LogP contribution is -2.27. The molecule has 1 aromatic heterocycles. The number of carbonyl (C=O) groups is 1. The molecular weight excluding hydrogens is 292 g/mol. The molecule has 0 spiro atoms. The van der Waals surface area contributed by atoms with Crippen molar-refractivity contribution in [2.45, 2.75) is 57.3 Å². The Morgan fingerprint density at radius 1 is 1.33 bits per heavy atom. The van der Waals surface area contributed by atoms with E-state index in [1.165, 1.54) is 0 Å². The van der Waals surface area contributed by atoms with Crippen LogP contribution in [0.2, 0.25) is 0 Å². The van der Waals surface area contributed by atoms with Gasteiger partial charge in [-0.2, -0.15) is 5.10 Å². The van der Waals surface area contributed by atoms with Gasteiger partial charge in [0.25, 0.3) is 5.91 Å². The van der Waals surface area contributed by atoms with E-state index in [2.05, 4.69) is 22.4 Å². The molecule has 0 fully saturated rings. The van der Waals surface area contributed by atoms with Gasteiger partial charge in [-0.3, -0.25) is 9.89 Å². The number of hydrogen-bond acceptors (Lipinski definition) is 4. The molecule has 0 aliphatic carbocycles. The summed E-state index contributed by atoms with van der Waals surface area (Å²) in [6.07, 6.45) is 4.10. The fourth-order valence-corrected chi connectivity index (χ4v) is 3.01. The highest BCUT2D eigenvalue weighted by atomic mass is 32.2. The van der Waals surface area contributed by atoms with E-state index in [0.29, 0.717) is 12.2 Å². The molecule has 0 aromatic carbocycles. The van der Waals surface area contributed by atoms with E-state index in [0.717, 1.165) is 25.7 Å². The number of rotatable bonds is 8. The molecule has 4 N–H and O–H groups in total. The van der Waals surface area contributed by atoms with Gasteiger partial charge in [-0.25, -0.2) is 13.6 Å². The summed E-state index contributed by atoms with van der Waals surface area (Å²) in [5, 5.41) is 14.3. The van der Waals surface area contributed by atoms with Gasteiger partial charge in [-0.05, 0) is 12.3 Å². The smallest absolute Gasteiger partial charge is 0.273 e. The van der Waals surface area contributed by atoms with Crippen LogP contribution in [0.4, 0.5) is 0 Å². The molecule has 0 aliphatic rings. The summed E-state index contributed by atoms with van der Waals surface area (Å²) >= 11 is 0. The topological polar surface area (TPSA) is 118 Å². The van der Waals surface area contributed by atoms with Crippen LogP contribution in [0.5, 0.6) is 0 Å². The molecule has 7 nitrogen and oxygen atoms in total. The van der Waals surface area contributed by atoms with Crippen molar-refractivity contribution in [1.29, 1.82) is 0 Å². The van der Waals surface area contributed by atoms with E-state index >= 15 is 0 Å². The number of sulfonamides is 1. The molecule has 0 radical (unpaired) electrons. The van der Waals surface area contributed by atoms with Gasteiger partial charge in [0.1, 0.15) is 4.90 Å². The predicted octanol–water partition coefficient (Wildman–Crippen LogP) is 1.49. The Morgan fingerprint density at radius 3 is 2.52 bits per heavy atom. The van der Waals surface area contributed by atoms with E-state index in [1.807, 2.05) is 0 Å². The van der Waals surface area contributed by atoms with E-state index < -0.39 is 15.9 Å². The monoisotopic (exact) mass is 316 g/mol. The first kappa shape index (κ1) is 17.6. The number of nitrogens with two attached hydrogens (primary N) is 1. The van der Waals surface area contributed by atoms with Gasteiger partial charge in [0.05, 0.1) is 5.69 Å². The lowest BCUT2D eigenvalue weighted by molar-refractivity contribution is 0.0944. The van der Waals surface area contributed by atoms with E-state index in [-0.39, 0.29) is 16.5 Å². The third kappa shape index (κ3) is 4.82. The fraction of sp³-hybridized carbons (Fsp3) is 0.692. The van der Waals surface area contributed by atoms with Crippen LogP contribution < -0.4 is 10.5 Å². The predicted molar refractivity (Wildman–Crippen MR) is 80.5 cm³/mol. The number of amides is 1. The lowest BCUT2D eigenvalue weighted by Gasteiger charge is -2.07. The molecule has 21 heavy (non-hydrogen) atoms. The van der Waals surface area contributed by atoms with Gasteiger partial charge >= 0.3 is 0 Å². The van der Waals surface area contributed by atoms with Gasteiger partial charge in [0, 0.05) is 6.54 Å². The molecule has 0 bridgehead atoms. The summed E-state index contributed by atoms with van der Waals surface area (Å²) < 4.78 is 23.4. The minimum atomic E-state index is -4.00. The first-order chi connectivity index (χ1) is 9.79. The minimum absolute atomic E-state index is 0.128. The maximum atomic E-state index is 12.1. The van der Waals surface area contributed by atoms with Gasteiger partial charge in [-0.15, -0.1) is 0 Å². The quantitative estimate of drug-likeness (QED) is 0.630. The summed E-state index contributed by atoms with van der Waals surface area (Å²) in [6, 6.07) is 0. The molecule has 1 amide bonds. The van der Waals surface area contributed by atoms with Crippen molar-refractivity contribution in [3.8, 4) is 0 Å². The molecular formula is C13H24N4O3S. The number of nitrogens with one attached hydrogen (secondary N) is 2. The lowest BCUT2D eigenvalue weighted by atomic mass is 10.1. The molecule has 0 aliphatic heterocycles. The van der Waals surface area contributed by atoms with Gasteiger partial charge < -0.3 is 5.32 Å². The fourth-order valence-electron chi connectivity index (χ4n) is 2.02. The Balaban J connectivity index is 2.85. The zero-order chi connectivity index (χ0) is 16.0. The van der Waals surface area contributed by atoms with Gasteiger partial charge in [0.2, 0.25) is 10.0 Å². The summed E-state index contributed by atoms with van der Waals surface area (Å²) in [4.78, 5) is 11.9. The maximum Gasteiger partial charge on any atom is 0.273 e. The first-order valence-corrected chi connectivity index (χ1v) is 8.72. The molecule has 8 heteroatoms. The van der Waals surface area contributed by atoms with Crippen LogP contribution in [0.3, 0.4) is 0 Å². The molecule has 0 unspecified atom stereocenters. The van der Waals surface area contributed by atoms with E-state index in [9.17, 15) is 13.2 Å². The standard InChI is InChI=1S/C13H24N4O3S/c1-4-5-6-7-8-15-13(18)11-12(21(14,19)20)10(9(2)3)16-17-11/h9H,4-8H2,1-3H3,(H,15,18)(H,16,17)(H2,14,19,20). The second-order valence-electron chi connectivity index (χ2n) is 5.33. The van der Waals surface area contributed by atoms with Crippen molar-refractivity contribution in [2.75, 3.05) is 6.54 Å². The van der Waals surface area contributed by atoms with Crippen molar-refractivity contribution >= 4 is 15.9 Å². The van der Waals surface area contributed by atoms with E-state index in [4.69, 9.17) is 5.14 Å². The van der Waals surface area contributed by atoms with Crippen molar-refractivity contribution in [2.24, 2.45) is 5.14 Å². The molecule has 120 valence electrons. The zero-order valence-electron chi connectivity index (χ0n) is 12.8. The number of nitrogens with zero attached hydrogens (tertiary/aromatic N) is 1. The average molecular weight is 316 g/mol. The maximum absolute atomic E-state index is 12.1. The van der Waals surface area contributed by atoms with Crippen LogP contribution in [0.1, 0.15) is 68.6 Å². The SMILES string of the molecule is CCCCCCNC(=O)c1n[nH]c(C(C)C)c1S(N)(=O)=O. The van der Waals surface area contributed by atoms with Crippen LogP contribution in [0.15, 0.2) is 4.90 Å². The normalized spacial score (nSPS) is 11.9. The largest absolute Gasteiger partial charge is 0.351 e. The summed E-state index contributed by atoms with van der Waals surface area (Å²) in [6.45, 7) is 6.20. The Morgan fingerprint density at radius 2 is 2.00 bits per heavy atom. The zero-order valence-corrected chi connectivity index (χ0v) is 13.6. The number of primary sulfonamides is 1. The third-order valence-electron chi connectivity index (χ3n) is 3.14. The van der Waals surface area contributed by atoms with Gasteiger partial charge in [0.15, 0.2) is 5.69 Å². The molecule has 1 heterocycles. The third-order valence-corrected chi connectivity index (χ3v) is 4.12. The van der Waals surface area contributed by atoms with Crippen molar-refractivity contribution in [1.82, 2.24) is 15.5 Å². The summed E-state index contributed by atoms with van der Waals surface area (Å²) in [5.74, 6) is -0.643. The first-order valence-electron chi connectivity index (χ1n) is 7.18. The van der Waals surface area contributed by atoms with Crippen LogP contribution >= 0.6 is 0 Å². The summed E-state index contributed by atoms with van der Waals surface area (Å²) in [7, 11) is -4.00. The second kappa shape index (κ2) is 7.56. The summed E-state index contributed by atoms with van der Waals surface area (Å²) in [5.41, 5.74) is 0.199. The molecule has 1 rings (SSSR count). The van der Waals surface area contributed by atoms with Crippen molar-refractivity contribution in [3.05, 3.63) is 11.4 Å². The van der Waals surface area contributed by atoms with Crippen LogP contribution in [0.25, 0.3) is 0 Å². The highest BCUT2D eigenvalue weighted by Crippen LogP contribution is 2.23. The van der Waals surface area contributed by atoms with Crippen LogP contribution in [-0.4, -0.2) is 31.1 Å². The van der Waals surface area contributed by atoms with Crippen molar-refractivity contribution < 1.29 is 13.2 Å². The molecule has 0 atom stereocenters. The minimum Gasteiger partial charge on any atom is -0.351 e. The number of H-pyrrole nitrogens is 1. The average Bonchev–Trinajstić information content (AvgIpc) is 2.83. The molecule has 0 saturated heterocycles. The highest BCUT2D eigenvalue weighted by Gasteiger charge is 2.28. The molecule has 0 saturated carbocycles. The van der Waals surface area contributed by atoms with E-state index in [1.54, 1.807) is 13.8 Å². The number of aromatic amines is 1. The number of hydrogen-bond donors (Lipinski definition) is 3. The number of aromatic nitrogens is 2. The second-order valence-corrected chi connectivity index (χ2v) is 6.83. The number of unbranched alkanes of at least 4 members (excludes halogenated alkanes) is 3. The van der Waals surface area contributed by atoms with Crippen LogP contribution in [0, 0.1) is 0 Å². The highest BCUT2D eigenvalue weighted by molar-refractivity contribution is 7.89. The van der Waals surface area contributed by atoms with Crippen molar-refractivity contribution in [3.63, 3.8) is 0 Å². The Hall–Kier alpha value is -1.41. The van der Waals surface area contributed by atoms with Gasteiger partial charge in [-0.1, -0.05) is 40.0 Å². The number of carbonyl (C=O) groups excluding carboxylic acids is 1. The Bertz CT molecular complexity index is 578.